The van der Waals surface area contributed by atoms with E-state index >= 15 is 0 Å². The normalized spacial score (nSPS) is 24.2. The summed E-state index contributed by atoms with van der Waals surface area (Å²) in [6, 6.07) is 6.60. The van der Waals surface area contributed by atoms with Gasteiger partial charge >= 0.3 is 0 Å². The Bertz CT molecular complexity index is 381. The van der Waals surface area contributed by atoms with E-state index in [2.05, 4.69) is 53.3 Å². The van der Waals surface area contributed by atoms with Crippen molar-refractivity contribution >= 4 is 15.9 Å². The average molecular weight is 310 g/mol. The van der Waals surface area contributed by atoms with Crippen LogP contribution < -0.4 is 5.32 Å². The topological polar surface area (TPSA) is 12.0 Å². The molecule has 0 heterocycles. The fraction of sp³-hybridized carbons (Fsp3) is 0.625. The van der Waals surface area contributed by atoms with Crippen molar-refractivity contribution in [3.63, 3.8) is 0 Å². The Balaban J connectivity index is 1.75. The molecule has 0 atom stereocenters. The summed E-state index contributed by atoms with van der Waals surface area (Å²) in [5.74, 6) is 1.85. The predicted octanol–water partition coefficient (Wildman–Crippen LogP) is 4.67. The molecule has 1 fully saturated rings. The summed E-state index contributed by atoms with van der Waals surface area (Å²) in [4.78, 5) is 0. The van der Waals surface area contributed by atoms with Crippen molar-refractivity contribution in [2.75, 3.05) is 6.54 Å². The van der Waals surface area contributed by atoms with E-state index in [1.54, 1.807) is 0 Å². The quantitative estimate of drug-likeness (QED) is 0.852. The van der Waals surface area contributed by atoms with Gasteiger partial charge in [0.05, 0.1) is 0 Å². The van der Waals surface area contributed by atoms with E-state index in [1.165, 1.54) is 47.8 Å². The first-order valence-electron chi connectivity index (χ1n) is 7.11. The van der Waals surface area contributed by atoms with Crippen molar-refractivity contribution in [1.82, 2.24) is 5.32 Å². The number of nitrogens with one attached hydrogen (secondary N) is 1. The van der Waals surface area contributed by atoms with E-state index in [0.29, 0.717) is 0 Å². The zero-order valence-corrected chi connectivity index (χ0v) is 13.1. The number of halogens is 1. The average Bonchev–Trinajstić information content (AvgIpc) is 2.34. The lowest BCUT2D eigenvalue weighted by Crippen LogP contribution is -2.25. The van der Waals surface area contributed by atoms with E-state index in [4.69, 9.17) is 0 Å². The summed E-state index contributed by atoms with van der Waals surface area (Å²) < 4.78 is 1.23. The fourth-order valence-electron chi connectivity index (χ4n) is 2.74. The van der Waals surface area contributed by atoms with Crippen LogP contribution in [0.25, 0.3) is 0 Å². The van der Waals surface area contributed by atoms with Gasteiger partial charge in [-0.1, -0.05) is 47.8 Å². The molecule has 1 aromatic rings. The molecule has 1 nitrogen and oxygen atoms in total. The fourth-order valence-corrected chi connectivity index (χ4v) is 3.37. The Morgan fingerprint density at radius 1 is 1.22 bits per heavy atom. The molecule has 1 saturated carbocycles. The molecule has 0 spiro atoms. The lowest BCUT2D eigenvalue weighted by Gasteiger charge is -2.26. The molecule has 1 aliphatic carbocycles. The number of rotatable bonds is 4. The molecular weight excluding hydrogens is 286 g/mol. The molecule has 1 aliphatic rings. The van der Waals surface area contributed by atoms with Gasteiger partial charge in [0.1, 0.15) is 0 Å². The molecule has 0 unspecified atom stereocenters. The summed E-state index contributed by atoms with van der Waals surface area (Å²) in [5.41, 5.74) is 2.68. The molecule has 0 aliphatic heterocycles. The first-order chi connectivity index (χ1) is 8.65. The van der Waals surface area contributed by atoms with Crippen LogP contribution in [-0.2, 0) is 6.54 Å². The van der Waals surface area contributed by atoms with E-state index in [9.17, 15) is 0 Å². The molecule has 0 aromatic heterocycles. The summed E-state index contributed by atoms with van der Waals surface area (Å²) in [6.07, 6.45) is 5.65. The van der Waals surface area contributed by atoms with Crippen LogP contribution in [0.4, 0.5) is 0 Å². The van der Waals surface area contributed by atoms with E-state index in [0.717, 1.165) is 18.4 Å². The van der Waals surface area contributed by atoms with Gasteiger partial charge in [-0.15, -0.1) is 0 Å². The van der Waals surface area contributed by atoms with Gasteiger partial charge in [0.2, 0.25) is 0 Å². The number of benzene rings is 1. The van der Waals surface area contributed by atoms with Crippen LogP contribution >= 0.6 is 15.9 Å². The molecule has 1 aromatic carbocycles. The van der Waals surface area contributed by atoms with E-state index in [-0.39, 0.29) is 0 Å². The molecule has 0 amide bonds. The third kappa shape index (κ3) is 4.10. The Morgan fingerprint density at radius 3 is 2.61 bits per heavy atom. The highest BCUT2D eigenvalue weighted by Gasteiger charge is 2.17. The van der Waals surface area contributed by atoms with Gasteiger partial charge < -0.3 is 5.32 Å². The molecule has 0 bridgehead atoms. The van der Waals surface area contributed by atoms with Crippen LogP contribution in [0.2, 0.25) is 0 Å². The number of hydrogen-bond donors (Lipinski definition) is 1. The zero-order valence-electron chi connectivity index (χ0n) is 11.5. The zero-order chi connectivity index (χ0) is 13.0. The maximum absolute atomic E-state index is 3.64. The van der Waals surface area contributed by atoms with Crippen molar-refractivity contribution in [2.45, 2.75) is 46.1 Å². The molecule has 2 rings (SSSR count). The van der Waals surface area contributed by atoms with Gasteiger partial charge in [0.15, 0.2) is 0 Å². The molecular formula is C16H24BrN. The Kier molecular flexibility index (Phi) is 5.25. The number of hydrogen-bond acceptors (Lipinski definition) is 1. The predicted molar refractivity (Wildman–Crippen MR) is 81.7 cm³/mol. The second-order valence-corrected chi connectivity index (χ2v) is 6.71. The molecule has 0 saturated heterocycles. The SMILES string of the molecule is Cc1ccc(CNCC2CCC(C)CC2)c(Br)c1. The van der Waals surface area contributed by atoms with Crippen LogP contribution in [-0.4, -0.2) is 6.54 Å². The third-order valence-corrected chi connectivity index (χ3v) is 4.83. The van der Waals surface area contributed by atoms with Gasteiger partial charge in [0, 0.05) is 11.0 Å². The largest absolute Gasteiger partial charge is 0.312 e. The van der Waals surface area contributed by atoms with Crippen LogP contribution in [0.15, 0.2) is 22.7 Å². The van der Waals surface area contributed by atoms with Gasteiger partial charge in [-0.2, -0.15) is 0 Å². The first-order valence-corrected chi connectivity index (χ1v) is 7.90. The minimum Gasteiger partial charge on any atom is -0.312 e. The van der Waals surface area contributed by atoms with E-state index < -0.39 is 0 Å². The van der Waals surface area contributed by atoms with Crippen molar-refractivity contribution in [2.24, 2.45) is 11.8 Å². The highest BCUT2D eigenvalue weighted by molar-refractivity contribution is 9.10. The van der Waals surface area contributed by atoms with Gasteiger partial charge in [-0.3, -0.25) is 0 Å². The van der Waals surface area contributed by atoms with Crippen molar-refractivity contribution in [3.8, 4) is 0 Å². The second kappa shape index (κ2) is 6.72. The Morgan fingerprint density at radius 2 is 1.94 bits per heavy atom. The Labute approximate surface area is 119 Å². The van der Waals surface area contributed by atoms with E-state index in [1.807, 2.05) is 0 Å². The van der Waals surface area contributed by atoms with Crippen LogP contribution in [0.1, 0.15) is 43.7 Å². The summed E-state index contributed by atoms with van der Waals surface area (Å²) >= 11 is 3.64. The van der Waals surface area contributed by atoms with Crippen LogP contribution in [0, 0.1) is 18.8 Å². The third-order valence-electron chi connectivity index (χ3n) is 4.09. The first kappa shape index (κ1) is 14.1. The highest BCUT2D eigenvalue weighted by Crippen LogP contribution is 2.27. The molecule has 2 heteroatoms. The molecule has 0 radical (unpaired) electrons. The van der Waals surface area contributed by atoms with Crippen LogP contribution in [0.3, 0.4) is 0 Å². The van der Waals surface area contributed by atoms with Crippen molar-refractivity contribution in [3.05, 3.63) is 33.8 Å². The van der Waals surface area contributed by atoms with Crippen molar-refractivity contribution < 1.29 is 0 Å². The summed E-state index contributed by atoms with van der Waals surface area (Å²) in [7, 11) is 0. The minimum atomic E-state index is 0.894. The smallest absolute Gasteiger partial charge is 0.0222 e. The maximum Gasteiger partial charge on any atom is 0.0222 e. The minimum absolute atomic E-state index is 0.894. The van der Waals surface area contributed by atoms with Gasteiger partial charge in [-0.25, -0.2) is 0 Å². The molecule has 1 N–H and O–H groups in total. The lowest BCUT2D eigenvalue weighted by molar-refractivity contribution is 0.281. The van der Waals surface area contributed by atoms with Gasteiger partial charge in [-0.05, 0) is 55.3 Å². The Hall–Kier alpha value is -0.340. The monoisotopic (exact) mass is 309 g/mol. The summed E-state index contributed by atoms with van der Waals surface area (Å²) in [6.45, 7) is 6.66. The number of aryl methyl sites for hydroxylation is 1. The molecule has 18 heavy (non-hydrogen) atoms. The van der Waals surface area contributed by atoms with Crippen LogP contribution in [0.5, 0.6) is 0 Å². The van der Waals surface area contributed by atoms with Crippen molar-refractivity contribution in [1.29, 1.82) is 0 Å². The summed E-state index contributed by atoms with van der Waals surface area (Å²) in [5, 5.41) is 3.62. The highest BCUT2D eigenvalue weighted by atomic mass is 79.9. The molecule has 100 valence electrons. The maximum atomic E-state index is 3.64. The lowest BCUT2D eigenvalue weighted by atomic mass is 9.83. The second-order valence-electron chi connectivity index (χ2n) is 5.85. The van der Waals surface area contributed by atoms with Gasteiger partial charge in [0.25, 0.3) is 0 Å². The standard InChI is InChI=1S/C16H24BrN/c1-12-3-6-14(7-4-12)10-18-11-15-8-5-13(2)9-16(15)17/h5,8-9,12,14,18H,3-4,6-7,10-11H2,1-2H3.